The van der Waals surface area contributed by atoms with Crippen LogP contribution in [0.4, 0.5) is 5.82 Å². The number of para-hydroxylation sites is 1. The van der Waals surface area contributed by atoms with E-state index in [9.17, 15) is 0 Å². The Kier molecular flexibility index (Phi) is 5.99. The maximum absolute atomic E-state index is 5.73. The maximum atomic E-state index is 5.73. The molecule has 2 aromatic rings. The standard InChI is InChI=1S/C19H28N4O/c1-24-14-6-8-15-7-4-5-13-23(15)19-16-9-2-3-10-17(16)21-18(22-19)11-12-20/h2-3,9-10,15H,4-8,11-14,20H2,1H3. The van der Waals surface area contributed by atoms with Gasteiger partial charge in [-0.25, -0.2) is 9.97 Å². The molecule has 1 unspecified atom stereocenters. The lowest BCUT2D eigenvalue weighted by Gasteiger charge is -2.37. The van der Waals surface area contributed by atoms with Crippen LogP contribution in [0.15, 0.2) is 24.3 Å². The van der Waals surface area contributed by atoms with Gasteiger partial charge in [0.25, 0.3) is 0 Å². The van der Waals surface area contributed by atoms with Crippen molar-refractivity contribution >= 4 is 16.7 Å². The maximum Gasteiger partial charge on any atom is 0.140 e. The van der Waals surface area contributed by atoms with Gasteiger partial charge in [0.1, 0.15) is 11.6 Å². The molecule has 1 aromatic carbocycles. The minimum atomic E-state index is 0.540. The van der Waals surface area contributed by atoms with Crippen LogP contribution < -0.4 is 10.6 Å². The molecular weight excluding hydrogens is 300 g/mol. The Balaban J connectivity index is 1.95. The van der Waals surface area contributed by atoms with Crippen LogP contribution in [0.1, 0.15) is 37.9 Å². The number of hydrogen-bond donors (Lipinski definition) is 1. The lowest BCUT2D eigenvalue weighted by molar-refractivity contribution is 0.188. The quantitative estimate of drug-likeness (QED) is 0.792. The van der Waals surface area contributed by atoms with Gasteiger partial charge in [-0.2, -0.15) is 0 Å². The Labute approximate surface area is 144 Å². The van der Waals surface area contributed by atoms with Crippen LogP contribution in [-0.4, -0.2) is 42.8 Å². The molecule has 130 valence electrons. The van der Waals surface area contributed by atoms with Crippen LogP contribution in [0.2, 0.25) is 0 Å². The van der Waals surface area contributed by atoms with E-state index in [4.69, 9.17) is 15.5 Å². The molecule has 1 aliphatic heterocycles. The summed E-state index contributed by atoms with van der Waals surface area (Å²) in [5.41, 5.74) is 6.75. The molecule has 5 heteroatoms. The van der Waals surface area contributed by atoms with Crippen LogP contribution in [0.25, 0.3) is 10.9 Å². The number of benzene rings is 1. The number of nitrogens with two attached hydrogens (primary N) is 1. The zero-order valence-corrected chi connectivity index (χ0v) is 14.6. The van der Waals surface area contributed by atoms with Gasteiger partial charge in [0.2, 0.25) is 0 Å². The highest BCUT2D eigenvalue weighted by molar-refractivity contribution is 5.89. The van der Waals surface area contributed by atoms with Crippen molar-refractivity contribution in [2.75, 3.05) is 31.7 Å². The third-order valence-electron chi connectivity index (χ3n) is 4.78. The Morgan fingerprint density at radius 2 is 2.12 bits per heavy atom. The molecule has 2 N–H and O–H groups in total. The first-order valence-electron chi connectivity index (χ1n) is 9.05. The average Bonchev–Trinajstić information content (AvgIpc) is 2.62. The van der Waals surface area contributed by atoms with Gasteiger partial charge in [-0.05, 0) is 50.8 Å². The van der Waals surface area contributed by atoms with Crippen molar-refractivity contribution in [2.45, 2.75) is 44.6 Å². The Bertz CT molecular complexity index is 661. The first-order chi connectivity index (χ1) is 11.8. The summed E-state index contributed by atoms with van der Waals surface area (Å²) < 4.78 is 5.24. The number of hydrogen-bond acceptors (Lipinski definition) is 5. The van der Waals surface area contributed by atoms with E-state index in [2.05, 4.69) is 28.1 Å². The van der Waals surface area contributed by atoms with Gasteiger partial charge in [-0.15, -0.1) is 0 Å². The summed E-state index contributed by atoms with van der Waals surface area (Å²) in [6.07, 6.45) is 6.72. The highest BCUT2D eigenvalue weighted by atomic mass is 16.5. The Morgan fingerprint density at radius 3 is 2.96 bits per heavy atom. The molecule has 5 nitrogen and oxygen atoms in total. The Hall–Kier alpha value is -1.72. The minimum Gasteiger partial charge on any atom is -0.385 e. The molecule has 0 spiro atoms. The second-order valence-corrected chi connectivity index (χ2v) is 6.50. The average molecular weight is 328 g/mol. The van der Waals surface area contributed by atoms with Crippen molar-refractivity contribution in [3.8, 4) is 0 Å². The lowest BCUT2D eigenvalue weighted by atomic mass is 9.97. The zero-order valence-electron chi connectivity index (χ0n) is 14.6. The van der Waals surface area contributed by atoms with Gasteiger partial charge in [0.05, 0.1) is 5.52 Å². The van der Waals surface area contributed by atoms with Crippen LogP contribution in [-0.2, 0) is 11.2 Å². The van der Waals surface area contributed by atoms with E-state index >= 15 is 0 Å². The van der Waals surface area contributed by atoms with E-state index in [1.165, 1.54) is 19.3 Å². The summed E-state index contributed by atoms with van der Waals surface area (Å²) in [5, 5.41) is 1.15. The molecule has 24 heavy (non-hydrogen) atoms. The number of ether oxygens (including phenoxy) is 1. The monoisotopic (exact) mass is 328 g/mol. The number of aromatic nitrogens is 2. The number of rotatable bonds is 7. The summed E-state index contributed by atoms with van der Waals surface area (Å²) >= 11 is 0. The third kappa shape index (κ3) is 3.84. The summed E-state index contributed by atoms with van der Waals surface area (Å²) in [4.78, 5) is 12.1. The molecule has 1 aromatic heterocycles. The van der Waals surface area contributed by atoms with Gasteiger partial charge in [0.15, 0.2) is 0 Å². The largest absolute Gasteiger partial charge is 0.385 e. The minimum absolute atomic E-state index is 0.540. The zero-order chi connectivity index (χ0) is 16.8. The number of anilines is 1. The van der Waals surface area contributed by atoms with E-state index in [1.807, 2.05) is 6.07 Å². The molecule has 3 rings (SSSR count). The van der Waals surface area contributed by atoms with Crippen LogP contribution in [0.5, 0.6) is 0 Å². The number of methoxy groups -OCH3 is 1. The van der Waals surface area contributed by atoms with Gasteiger partial charge >= 0.3 is 0 Å². The fourth-order valence-corrected chi connectivity index (χ4v) is 3.61. The smallest absolute Gasteiger partial charge is 0.140 e. The van der Waals surface area contributed by atoms with E-state index in [0.29, 0.717) is 12.6 Å². The molecule has 1 fully saturated rings. The van der Waals surface area contributed by atoms with Crippen molar-refractivity contribution < 1.29 is 4.74 Å². The van der Waals surface area contributed by atoms with E-state index in [1.54, 1.807) is 7.11 Å². The van der Waals surface area contributed by atoms with Crippen molar-refractivity contribution in [1.82, 2.24) is 9.97 Å². The summed E-state index contributed by atoms with van der Waals surface area (Å²) in [7, 11) is 1.77. The predicted molar refractivity (Wildman–Crippen MR) is 98.4 cm³/mol. The van der Waals surface area contributed by atoms with Gasteiger partial charge < -0.3 is 15.4 Å². The molecule has 1 aliphatic rings. The van der Waals surface area contributed by atoms with Crippen LogP contribution >= 0.6 is 0 Å². The molecule has 0 radical (unpaired) electrons. The van der Waals surface area contributed by atoms with E-state index in [0.717, 1.165) is 55.0 Å². The van der Waals surface area contributed by atoms with Crippen molar-refractivity contribution in [1.29, 1.82) is 0 Å². The number of fused-ring (bicyclic) bond motifs is 1. The second-order valence-electron chi connectivity index (χ2n) is 6.50. The fraction of sp³-hybridized carbons (Fsp3) is 0.579. The van der Waals surface area contributed by atoms with Crippen molar-refractivity contribution in [2.24, 2.45) is 5.73 Å². The SMILES string of the molecule is COCCCC1CCCCN1c1nc(CCN)nc2ccccc12. The summed E-state index contributed by atoms with van der Waals surface area (Å²) in [6, 6.07) is 8.86. The molecule has 1 saturated heterocycles. The Morgan fingerprint density at radius 1 is 1.25 bits per heavy atom. The molecular formula is C19H28N4O. The molecule has 0 amide bonds. The summed E-state index contributed by atoms with van der Waals surface area (Å²) in [5.74, 6) is 1.94. The number of piperidine rings is 1. The van der Waals surface area contributed by atoms with Gasteiger partial charge in [0, 0.05) is 38.1 Å². The molecule has 1 atom stereocenters. The second kappa shape index (κ2) is 8.40. The van der Waals surface area contributed by atoms with Crippen molar-refractivity contribution in [3.05, 3.63) is 30.1 Å². The summed E-state index contributed by atoms with van der Waals surface area (Å²) in [6.45, 7) is 2.48. The van der Waals surface area contributed by atoms with Gasteiger partial charge in [-0.1, -0.05) is 12.1 Å². The lowest BCUT2D eigenvalue weighted by Crippen LogP contribution is -2.40. The van der Waals surface area contributed by atoms with Crippen molar-refractivity contribution in [3.63, 3.8) is 0 Å². The fourth-order valence-electron chi connectivity index (χ4n) is 3.61. The topological polar surface area (TPSA) is 64.3 Å². The van der Waals surface area contributed by atoms with E-state index in [-0.39, 0.29) is 0 Å². The van der Waals surface area contributed by atoms with Crippen LogP contribution in [0, 0.1) is 0 Å². The molecule has 0 aliphatic carbocycles. The normalized spacial score (nSPS) is 18.2. The number of nitrogens with zero attached hydrogens (tertiary/aromatic N) is 3. The van der Waals surface area contributed by atoms with Gasteiger partial charge in [-0.3, -0.25) is 0 Å². The highest BCUT2D eigenvalue weighted by Gasteiger charge is 2.25. The molecule has 2 heterocycles. The molecule has 0 saturated carbocycles. The highest BCUT2D eigenvalue weighted by Crippen LogP contribution is 2.31. The van der Waals surface area contributed by atoms with Crippen LogP contribution in [0.3, 0.4) is 0 Å². The molecule has 0 bridgehead atoms. The van der Waals surface area contributed by atoms with E-state index < -0.39 is 0 Å². The third-order valence-corrected chi connectivity index (χ3v) is 4.78. The first-order valence-corrected chi connectivity index (χ1v) is 9.05. The predicted octanol–water partition coefficient (Wildman–Crippen LogP) is 2.92. The first kappa shape index (κ1) is 17.1.